The first-order valence-corrected chi connectivity index (χ1v) is 7.73. The molecule has 2 heterocycles. The van der Waals surface area contributed by atoms with Gasteiger partial charge in [0.05, 0.1) is 6.10 Å². The van der Waals surface area contributed by atoms with Gasteiger partial charge in [0.15, 0.2) is 0 Å². The second-order valence-electron chi connectivity index (χ2n) is 6.57. The summed E-state index contributed by atoms with van der Waals surface area (Å²) in [5, 5.41) is 3.31. The Bertz CT molecular complexity index is 384. The van der Waals surface area contributed by atoms with E-state index in [0.29, 0.717) is 13.1 Å². The molecule has 0 aliphatic carbocycles. The van der Waals surface area contributed by atoms with E-state index in [1.54, 1.807) is 4.90 Å². The van der Waals surface area contributed by atoms with Crippen LogP contribution in [0.5, 0.6) is 0 Å². The Morgan fingerprint density at radius 3 is 2.67 bits per heavy atom. The zero-order valence-corrected chi connectivity index (χ0v) is 13.3. The monoisotopic (exact) mass is 297 g/mol. The number of carbonyl (C=O) groups is 1. The lowest BCUT2D eigenvalue weighted by Crippen LogP contribution is -2.41. The Kier molecular flexibility index (Phi) is 5.47. The summed E-state index contributed by atoms with van der Waals surface area (Å²) in [5.41, 5.74) is 3.66. The first-order valence-electron chi connectivity index (χ1n) is 7.73. The molecule has 0 aromatic heterocycles. The summed E-state index contributed by atoms with van der Waals surface area (Å²) in [5.74, 6) is 0. The van der Waals surface area contributed by atoms with Gasteiger partial charge in [0.25, 0.3) is 0 Å². The Morgan fingerprint density at radius 1 is 1.38 bits per heavy atom. The zero-order chi connectivity index (χ0) is 15.3. The molecular formula is C15H27N3O3. The van der Waals surface area contributed by atoms with E-state index in [1.807, 2.05) is 26.8 Å². The van der Waals surface area contributed by atoms with Gasteiger partial charge in [-0.15, -0.1) is 0 Å². The molecule has 1 fully saturated rings. The van der Waals surface area contributed by atoms with Gasteiger partial charge in [-0.3, -0.25) is 10.3 Å². The van der Waals surface area contributed by atoms with Crippen molar-refractivity contribution in [1.82, 2.24) is 15.7 Å². The number of carbonyl (C=O) groups excluding carboxylic acids is 1. The van der Waals surface area contributed by atoms with Gasteiger partial charge in [0, 0.05) is 25.2 Å². The predicted octanol–water partition coefficient (Wildman–Crippen LogP) is 1.78. The maximum absolute atomic E-state index is 11.9. The van der Waals surface area contributed by atoms with Gasteiger partial charge in [0.2, 0.25) is 0 Å². The fraction of sp³-hybridized carbons (Fsp3) is 0.800. The Morgan fingerprint density at radius 2 is 2.10 bits per heavy atom. The van der Waals surface area contributed by atoms with Crippen molar-refractivity contribution < 1.29 is 14.4 Å². The predicted molar refractivity (Wildman–Crippen MR) is 80.6 cm³/mol. The van der Waals surface area contributed by atoms with Crippen LogP contribution >= 0.6 is 0 Å². The van der Waals surface area contributed by atoms with E-state index in [4.69, 9.17) is 9.57 Å². The van der Waals surface area contributed by atoms with Crippen LogP contribution in [-0.2, 0) is 9.57 Å². The lowest BCUT2D eigenvalue weighted by molar-refractivity contribution is -0.0264. The van der Waals surface area contributed by atoms with Crippen LogP contribution in [0.15, 0.2) is 11.8 Å². The van der Waals surface area contributed by atoms with E-state index in [2.05, 4.69) is 10.8 Å². The summed E-state index contributed by atoms with van der Waals surface area (Å²) < 4.78 is 5.37. The molecule has 21 heavy (non-hydrogen) atoms. The first-order chi connectivity index (χ1) is 9.94. The van der Waals surface area contributed by atoms with Gasteiger partial charge < -0.3 is 15.0 Å². The number of ether oxygens (including phenoxy) is 1. The summed E-state index contributed by atoms with van der Waals surface area (Å²) in [7, 11) is 0. The molecule has 0 bridgehead atoms. The quantitative estimate of drug-likeness (QED) is 0.778. The number of piperidine rings is 1. The molecule has 0 aromatic rings. The third kappa shape index (κ3) is 5.55. The molecule has 1 amide bonds. The number of hydrogen-bond donors (Lipinski definition) is 2. The number of nitrogens with one attached hydrogen (secondary N) is 2. The fourth-order valence-electron chi connectivity index (χ4n) is 2.33. The number of hydroxylamine groups is 1. The van der Waals surface area contributed by atoms with Crippen molar-refractivity contribution in [2.75, 3.05) is 26.2 Å². The third-order valence-electron chi connectivity index (χ3n) is 3.50. The van der Waals surface area contributed by atoms with E-state index in [0.717, 1.165) is 38.0 Å². The average molecular weight is 297 g/mol. The fourth-order valence-corrected chi connectivity index (χ4v) is 2.33. The molecule has 2 aliphatic heterocycles. The van der Waals surface area contributed by atoms with Crippen molar-refractivity contribution in [3.05, 3.63) is 11.8 Å². The highest BCUT2D eigenvalue weighted by molar-refractivity contribution is 5.68. The SMILES string of the molecule is CC(C)(C)OC(=O)N1CC=C(NOC2CCNCC2)CC1. The molecule has 0 radical (unpaired) electrons. The third-order valence-corrected chi connectivity index (χ3v) is 3.50. The minimum atomic E-state index is -0.447. The molecule has 0 spiro atoms. The molecule has 1 saturated heterocycles. The summed E-state index contributed by atoms with van der Waals surface area (Å²) >= 11 is 0. The van der Waals surface area contributed by atoms with Crippen LogP contribution in [0.3, 0.4) is 0 Å². The highest BCUT2D eigenvalue weighted by atomic mass is 16.7. The molecule has 120 valence electrons. The average Bonchev–Trinajstić information content (AvgIpc) is 2.45. The molecule has 2 N–H and O–H groups in total. The second-order valence-corrected chi connectivity index (χ2v) is 6.57. The molecule has 6 nitrogen and oxygen atoms in total. The van der Waals surface area contributed by atoms with Crippen molar-refractivity contribution in [3.63, 3.8) is 0 Å². The molecule has 2 aliphatic rings. The van der Waals surface area contributed by atoms with E-state index in [1.165, 1.54) is 0 Å². The lowest BCUT2D eigenvalue weighted by atomic mass is 10.1. The number of amides is 1. The van der Waals surface area contributed by atoms with Gasteiger partial charge in [-0.25, -0.2) is 4.79 Å². The van der Waals surface area contributed by atoms with Crippen LogP contribution in [-0.4, -0.2) is 48.9 Å². The van der Waals surface area contributed by atoms with Crippen LogP contribution in [0.2, 0.25) is 0 Å². The smallest absolute Gasteiger partial charge is 0.410 e. The van der Waals surface area contributed by atoms with Crippen molar-refractivity contribution in [2.24, 2.45) is 0 Å². The maximum Gasteiger partial charge on any atom is 0.410 e. The van der Waals surface area contributed by atoms with Crippen LogP contribution in [0.1, 0.15) is 40.0 Å². The van der Waals surface area contributed by atoms with E-state index < -0.39 is 5.60 Å². The number of nitrogens with zero attached hydrogens (tertiary/aromatic N) is 1. The standard InChI is InChI=1S/C15H27N3O3/c1-15(2,3)20-14(19)18-10-6-12(7-11-18)17-21-13-4-8-16-9-5-13/h6,13,16-17H,4-5,7-11H2,1-3H3. The molecule has 6 heteroatoms. The summed E-state index contributed by atoms with van der Waals surface area (Å²) in [4.78, 5) is 19.4. The lowest BCUT2D eigenvalue weighted by Gasteiger charge is -2.30. The summed E-state index contributed by atoms with van der Waals surface area (Å²) in [6, 6.07) is 0. The van der Waals surface area contributed by atoms with Crippen LogP contribution in [0, 0.1) is 0 Å². The topological polar surface area (TPSA) is 62.8 Å². The summed E-state index contributed by atoms with van der Waals surface area (Å²) in [6.45, 7) is 8.88. The second kappa shape index (κ2) is 7.13. The highest BCUT2D eigenvalue weighted by Crippen LogP contribution is 2.15. The Labute approximate surface area is 126 Å². The van der Waals surface area contributed by atoms with Gasteiger partial charge >= 0.3 is 6.09 Å². The number of hydrogen-bond acceptors (Lipinski definition) is 5. The maximum atomic E-state index is 11.9. The van der Waals surface area contributed by atoms with Crippen LogP contribution in [0.25, 0.3) is 0 Å². The molecule has 0 aromatic carbocycles. The largest absolute Gasteiger partial charge is 0.444 e. The molecule has 0 saturated carbocycles. The highest BCUT2D eigenvalue weighted by Gasteiger charge is 2.24. The van der Waals surface area contributed by atoms with Crippen LogP contribution in [0.4, 0.5) is 4.79 Å². The minimum Gasteiger partial charge on any atom is -0.444 e. The van der Waals surface area contributed by atoms with Crippen molar-refractivity contribution in [1.29, 1.82) is 0 Å². The first kappa shape index (κ1) is 16.1. The molecule has 2 rings (SSSR count). The van der Waals surface area contributed by atoms with E-state index in [-0.39, 0.29) is 12.2 Å². The van der Waals surface area contributed by atoms with E-state index in [9.17, 15) is 4.79 Å². The van der Waals surface area contributed by atoms with E-state index >= 15 is 0 Å². The number of rotatable bonds is 3. The summed E-state index contributed by atoms with van der Waals surface area (Å²) in [6.07, 6.45) is 4.85. The Balaban J connectivity index is 1.72. The minimum absolute atomic E-state index is 0.253. The van der Waals surface area contributed by atoms with Gasteiger partial charge in [-0.2, -0.15) is 0 Å². The normalized spacial score (nSPS) is 20.9. The van der Waals surface area contributed by atoms with Crippen molar-refractivity contribution in [2.45, 2.75) is 51.7 Å². The van der Waals surface area contributed by atoms with Gasteiger partial charge in [-0.1, -0.05) is 0 Å². The van der Waals surface area contributed by atoms with Crippen LogP contribution < -0.4 is 10.8 Å². The molecule has 0 unspecified atom stereocenters. The van der Waals surface area contributed by atoms with Crippen molar-refractivity contribution >= 4 is 6.09 Å². The zero-order valence-electron chi connectivity index (χ0n) is 13.3. The van der Waals surface area contributed by atoms with Gasteiger partial charge in [-0.05, 0) is 52.8 Å². The van der Waals surface area contributed by atoms with Crippen molar-refractivity contribution in [3.8, 4) is 0 Å². The van der Waals surface area contributed by atoms with Gasteiger partial charge in [0.1, 0.15) is 5.60 Å². The molecular weight excluding hydrogens is 270 g/mol. The Hall–Kier alpha value is -1.27. The molecule has 0 atom stereocenters.